The van der Waals surface area contributed by atoms with Crippen LogP contribution in [0.25, 0.3) is 0 Å². The summed E-state index contributed by atoms with van der Waals surface area (Å²) < 4.78 is 27.0. The Morgan fingerprint density at radius 1 is 1.26 bits per heavy atom. The van der Waals surface area contributed by atoms with Crippen LogP contribution in [0.1, 0.15) is 14.8 Å². The molecule has 2 aromatic heterocycles. The molecule has 9 heteroatoms. The Hall–Kier alpha value is -1.03. The molecule has 2 aromatic rings. The maximum Gasteiger partial charge on any atom is 0.264 e. The van der Waals surface area contributed by atoms with Gasteiger partial charge >= 0.3 is 0 Å². The van der Waals surface area contributed by atoms with Gasteiger partial charge in [-0.1, -0.05) is 11.3 Å². The molecule has 0 aliphatic heterocycles. The van der Waals surface area contributed by atoms with Crippen LogP contribution in [-0.4, -0.2) is 25.7 Å². The quantitative estimate of drug-likeness (QED) is 0.877. The number of nitrogens with zero attached hydrogens (tertiary/aromatic N) is 2. The standard InChI is InChI=1S/C10H14N4O2S3/c1-6-9(4-8(17-6)5-11-3)19(15,16)14-10-13-12-7(2)18-10/h4,11H,5H2,1-3H3,(H,13,14). The van der Waals surface area contributed by atoms with Crippen LogP contribution in [0.15, 0.2) is 11.0 Å². The number of hydrogen-bond donors (Lipinski definition) is 2. The summed E-state index contributed by atoms with van der Waals surface area (Å²) in [5.41, 5.74) is 0. The van der Waals surface area contributed by atoms with Crippen molar-refractivity contribution in [1.82, 2.24) is 15.5 Å². The van der Waals surface area contributed by atoms with Gasteiger partial charge in [0.25, 0.3) is 10.0 Å². The van der Waals surface area contributed by atoms with E-state index < -0.39 is 10.0 Å². The van der Waals surface area contributed by atoms with Gasteiger partial charge in [0, 0.05) is 16.3 Å². The lowest BCUT2D eigenvalue weighted by Crippen LogP contribution is -2.13. The van der Waals surface area contributed by atoms with Crippen molar-refractivity contribution in [2.75, 3.05) is 11.8 Å². The normalized spacial score (nSPS) is 11.7. The van der Waals surface area contributed by atoms with Gasteiger partial charge in [0.05, 0.1) is 0 Å². The van der Waals surface area contributed by atoms with Crippen molar-refractivity contribution in [3.63, 3.8) is 0 Å². The van der Waals surface area contributed by atoms with E-state index in [1.54, 1.807) is 19.9 Å². The van der Waals surface area contributed by atoms with Gasteiger partial charge < -0.3 is 5.32 Å². The minimum absolute atomic E-state index is 0.290. The highest BCUT2D eigenvalue weighted by atomic mass is 32.2. The molecule has 0 aromatic carbocycles. The highest BCUT2D eigenvalue weighted by Crippen LogP contribution is 2.28. The SMILES string of the molecule is CNCc1cc(S(=O)(=O)Nc2nnc(C)s2)c(C)s1. The Morgan fingerprint density at radius 2 is 2.00 bits per heavy atom. The summed E-state index contributed by atoms with van der Waals surface area (Å²) in [7, 11) is -1.76. The third kappa shape index (κ3) is 3.30. The minimum Gasteiger partial charge on any atom is -0.315 e. The summed E-state index contributed by atoms with van der Waals surface area (Å²) in [6.45, 7) is 4.22. The van der Waals surface area contributed by atoms with Crippen molar-refractivity contribution in [1.29, 1.82) is 0 Å². The number of thiophene rings is 1. The summed E-state index contributed by atoms with van der Waals surface area (Å²) >= 11 is 2.68. The fourth-order valence-electron chi connectivity index (χ4n) is 1.56. The average Bonchev–Trinajstić information content (AvgIpc) is 2.86. The van der Waals surface area contributed by atoms with E-state index in [0.717, 1.165) is 14.8 Å². The van der Waals surface area contributed by atoms with E-state index in [4.69, 9.17) is 0 Å². The molecule has 2 rings (SSSR count). The molecule has 0 bridgehead atoms. The minimum atomic E-state index is -3.59. The molecule has 104 valence electrons. The molecule has 2 N–H and O–H groups in total. The molecular weight excluding hydrogens is 304 g/mol. The number of hydrogen-bond acceptors (Lipinski definition) is 7. The molecule has 0 fully saturated rings. The second-order valence-corrected chi connectivity index (χ2v) is 8.07. The number of anilines is 1. The Labute approximate surface area is 119 Å². The summed E-state index contributed by atoms with van der Waals surface area (Å²) in [5, 5.41) is 11.6. The average molecular weight is 318 g/mol. The molecule has 0 unspecified atom stereocenters. The first-order chi connectivity index (χ1) is 8.92. The molecule has 0 atom stereocenters. The predicted molar refractivity (Wildman–Crippen MR) is 77.3 cm³/mol. The molecular formula is C10H14N4O2S3. The molecule has 6 nitrogen and oxygen atoms in total. The molecule has 0 spiro atoms. The molecule has 0 radical (unpaired) electrons. The summed E-state index contributed by atoms with van der Waals surface area (Å²) in [4.78, 5) is 2.04. The van der Waals surface area contributed by atoms with E-state index >= 15 is 0 Å². The highest BCUT2D eigenvalue weighted by Gasteiger charge is 2.21. The fraction of sp³-hybridized carbons (Fsp3) is 0.400. The summed E-state index contributed by atoms with van der Waals surface area (Å²) in [5.74, 6) is 0. The lowest BCUT2D eigenvalue weighted by molar-refractivity contribution is 0.601. The first-order valence-electron chi connectivity index (χ1n) is 5.49. The van der Waals surface area contributed by atoms with Crippen molar-refractivity contribution in [2.24, 2.45) is 0 Å². The van der Waals surface area contributed by atoms with Gasteiger partial charge in [0.15, 0.2) is 0 Å². The van der Waals surface area contributed by atoms with Gasteiger partial charge in [0.1, 0.15) is 9.90 Å². The molecule has 0 saturated carbocycles. The first-order valence-corrected chi connectivity index (χ1v) is 8.61. The van der Waals surface area contributed by atoms with Gasteiger partial charge in [-0.15, -0.1) is 21.5 Å². The zero-order valence-electron chi connectivity index (χ0n) is 10.7. The molecule has 0 saturated heterocycles. The van der Waals surface area contributed by atoms with Gasteiger partial charge in [-0.25, -0.2) is 8.42 Å². The lowest BCUT2D eigenvalue weighted by atomic mass is 10.4. The van der Waals surface area contributed by atoms with E-state index in [2.05, 4.69) is 20.2 Å². The summed E-state index contributed by atoms with van der Waals surface area (Å²) in [6, 6.07) is 1.69. The predicted octanol–water partition coefficient (Wildman–Crippen LogP) is 1.74. The van der Waals surface area contributed by atoms with Crippen LogP contribution in [0.3, 0.4) is 0 Å². The first kappa shape index (κ1) is 14.4. The second kappa shape index (κ2) is 5.53. The van der Waals surface area contributed by atoms with Crippen LogP contribution in [-0.2, 0) is 16.6 Å². The van der Waals surface area contributed by atoms with Crippen molar-refractivity contribution >= 4 is 37.8 Å². The van der Waals surface area contributed by atoms with E-state index in [0.29, 0.717) is 16.6 Å². The van der Waals surface area contributed by atoms with Gasteiger partial charge in [0.2, 0.25) is 5.13 Å². The van der Waals surface area contributed by atoms with Crippen LogP contribution in [0, 0.1) is 13.8 Å². The van der Waals surface area contributed by atoms with Crippen molar-refractivity contribution in [2.45, 2.75) is 25.3 Å². The smallest absolute Gasteiger partial charge is 0.264 e. The van der Waals surface area contributed by atoms with Crippen LogP contribution < -0.4 is 10.0 Å². The van der Waals surface area contributed by atoms with Crippen LogP contribution in [0.2, 0.25) is 0 Å². The Bertz CT molecular complexity index is 675. The van der Waals surface area contributed by atoms with E-state index in [9.17, 15) is 8.42 Å². The highest BCUT2D eigenvalue weighted by molar-refractivity contribution is 7.93. The van der Waals surface area contributed by atoms with Crippen LogP contribution in [0.4, 0.5) is 5.13 Å². The monoisotopic (exact) mass is 318 g/mol. The van der Waals surface area contributed by atoms with Crippen LogP contribution in [0.5, 0.6) is 0 Å². The molecule has 0 amide bonds. The maximum atomic E-state index is 12.3. The van der Waals surface area contributed by atoms with Crippen molar-refractivity contribution in [3.05, 3.63) is 20.8 Å². The van der Waals surface area contributed by atoms with E-state index in [1.807, 2.05) is 7.05 Å². The van der Waals surface area contributed by atoms with E-state index in [-0.39, 0.29) is 0 Å². The topological polar surface area (TPSA) is 84.0 Å². The number of aromatic nitrogens is 2. The van der Waals surface area contributed by atoms with Gasteiger partial charge in [-0.3, -0.25) is 4.72 Å². The molecule has 2 heterocycles. The third-order valence-corrected chi connectivity index (χ3v) is 5.84. The maximum absolute atomic E-state index is 12.3. The van der Waals surface area contributed by atoms with Crippen LogP contribution >= 0.6 is 22.7 Å². The third-order valence-electron chi connectivity index (χ3n) is 2.31. The second-order valence-electron chi connectivity index (χ2n) is 3.90. The zero-order chi connectivity index (χ0) is 14.0. The van der Waals surface area contributed by atoms with E-state index in [1.165, 1.54) is 22.7 Å². The number of rotatable bonds is 5. The Kier molecular flexibility index (Phi) is 4.19. The largest absolute Gasteiger partial charge is 0.315 e. The van der Waals surface area contributed by atoms with Gasteiger partial charge in [-0.2, -0.15) is 0 Å². The molecule has 19 heavy (non-hydrogen) atoms. The number of aryl methyl sites for hydroxylation is 2. The number of sulfonamides is 1. The molecule has 0 aliphatic carbocycles. The fourth-order valence-corrected chi connectivity index (χ4v) is 5.03. The zero-order valence-corrected chi connectivity index (χ0v) is 13.2. The van der Waals surface area contributed by atoms with Gasteiger partial charge in [-0.05, 0) is 27.0 Å². The number of nitrogens with one attached hydrogen (secondary N) is 2. The Morgan fingerprint density at radius 3 is 2.58 bits per heavy atom. The van der Waals surface area contributed by atoms with Crippen molar-refractivity contribution < 1.29 is 8.42 Å². The lowest BCUT2D eigenvalue weighted by Gasteiger charge is -2.03. The van der Waals surface area contributed by atoms with Crippen molar-refractivity contribution in [3.8, 4) is 0 Å². The molecule has 0 aliphatic rings. The Balaban J connectivity index is 2.28. The summed E-state index contributed by atoms with van der Waals surface area (Å²) in [6.07, 6.45) is 0.